The average molecular weight is 398 g/mol. The second-order valence-corrected chi connectivity index (χ2v) is 8.32. The van der Waals surface area contributed by atoms with Crippen LogP contribution < -0.4 is 14.5 Å². The molecule has 2 aromatic rings. The van der Waals surface area contributed by atoms with Gasteiger partial charge in [0, 0.05) is 0 Å². The highest BCUT2D eigenvalue weighted by molar-refractivity contribution is 7.15. The van der Waals surface area contributed by atoms with Crippen LogP contribution in [-0.2, 0) is 0 Å². The van der Waals surface area contributed by atoms with Crippen LogP contribution in [0.3, 0.4) is 0 Å². The fourth-order valence-electron chi connectivity index (χ4n) is 2.80. The lowest BCUT2D eigenvalue weighted by atomic mass is 10.1. The largest absolute Gasteiger partial charge is 0.482 e. The summed E-state index contributed by atoms with van der Waals surface area (Å²) in [5.41, 5.74) is 0. The summed E-state index contributed by atoms with van der Waals surface area (Å²) < 4.78 is 5.99. The number of rotatable bonds is 6. The van der Waals surface area contributed by atoms with Gasteiger partial charge in [0.1, 0.15) is 12.3 Å². The van der Waals surface area contributed by atoms with E-state index in [4.69, 9.17) is 16.3 Å². The number of nitrogens with one attached hydrogen (secondary N) is 1. The zero-order valence-corrected chi connectivity index (χ0v) is 16.4. The van der Waals surface area contributed by atoms with E-state index in [1.165, 1.54) is 11.3 Å². The van der Waals surface area contributed by atoms with Crippen molar-refractivity contribution in [2.75, 3.05) is 13.6 Å². The number of aliphatic hydroxyl groups is 1. The summed E-state index contributed by atoms with van der Waals surface area (Å²) in [5.74, 6) is 0.961. The summed E-state index contributed by atoms with van der Waals surface area (Å²) in [7, 11) is 1.71. The Bertz CT molecular complexity index is 800. The van der Waals surface area contributed by atoms with Crippen molar-refractivity contribution in [2.45, 2.75) is 32.6 Å². The monoisotopic (exact) mass is 397 g/mol. The number of likely N-dealkylation sites (N-methyl/N-ethyl adjacent to an activating group) is 1. The van der Waals surface area contributed by atoms with Crippen molar-refractivity contribution < 1.29 is 14.6 Å². The van der Waals surface area contributed by atoms with Gasteiger partial charge >= 0.3 is 11.2 Å². The molecule has 1 fully saturated rings. The van der Waals surface area contributed by atoms with Gasteiger partial charge in [-0.2, -0.15) is 4.48 Å². The van der Waals surface area contributed by atoms with E-state index >= 15 is 0 Å². The van der Waals surface area contributed by atoms with Crippen molar-refractivity contribution in [2.24, 2.45) is 5.92 Å². The Balaban J connectivity index is 1.87. The van der Waals surface area contributed by atoms with E-state index in [0.717, 1.165) is 6.42 Å². The van der Waals surface area contributed by atoms with Gasteiger partial charge in [0.15, 0.2) is 17.3 Å². The summed E-state index contributed by atoms with van der Waals surface area (Å²) in [4.78, 5) is 12.2. The molecule has 1 aromatic heterocycles. The maximum absolute atomic E-state index is 12.2. The first-order chi connectivity index (χ1) is 12.3. The van der Waals surface area contributed by atoms with Crippen LogP contribution in [0, 0.1) is 5.92 Å². The molecule has 7 nitrogen and oxygen atoms in total. The number of aliphatic hydroxyl groups excluding tert-OH is 1. The predicted molar refractivity (Wildman–Crippen MR) is 101 cm³/mol. The van der Waals surface area contributed by atoms with Crippen LogP contribution in [0.25, 0.3) is 0 Å². The molecule has 1 saturated heterocycles. The highest BCUT2D eigenvalue weighted by atomic mass is 35.5. The lowest BCUT2D eigenvalue weighted by Crippen LogP contribution is -2.47. The number of hydrogen-bond acceptors (Lipinski definition) is 6. The summed E-state index contributed by atoms with van der Waals surface area (Å²) >= 11 is 7.54. The number of urea groups is 1. The molecular weight excluding hydrogens is 376 g/mol. The minimum Gasteiger partial charge on any atom is -0.482 e. The summed E-state index contributed by atoms with van der Waals surface area (Å²) in [6.07, 6.45) is -0.465. The minimum absolute atomic E-state index is 0.126. The van der Waals surface area contributed by atoms with Gasteiger partial charge in [0.05, 0.1) is 12.1 Å². The zero-order valence-electron chi connectivity index (χ0n) is 14.8. The van der Waals surface area contributed by atoms with Crippen LogP contribution in [0.5, 0.6) is 5.75 Å². The molecule has 140 valence electrons. The SMILES string of the molecule is CC(C)CC(Oc1ccccc1Cl)c1nnc([N+]2(C)CC(O)NC2=O)s1. The van der Waals surface area contributed by atoms with Crippen molar-refractivity contribution in [1.82, 2.24) is 20.0 Å². The first-order valence-electron chi connectivity index (χ1n) is 8.39. The molecule has 2 amide bonds. The third-order valence-corrected chi connectivity index (χ3v) is 5.73. The smallest absolute Gasteiger partial charge is 0.425 e. The number of aromatic nitrogens is 2. The molecule has 1 aliphatic heterocycles. The van der Waals surface area contributed by atoms with E-state index < -0.39 is 6.23 Å². The van der Waals surface area contributed by atoms with E-state index in [9.17, 15) is 9.90 Å². The molecule has 3 atom stereocenters. The van der Waals surface area contributed by atoms with E-state index in [1.54, 1.807) is 13.1 Å². The van der Waals surface area contributed by atoms with Gasteiger partial charge in [-0.1, -0.05) is 42.7 Å². The molecule has 1 aliphatic rings. The number of amides is 2. The molecule has 0 spiro atoms. The fourth-order valence-corrected chi connectivity index (χ4v) is 3.97. The molecule has 2 N–H and O–H groups in total. The Kier molecular flexibility index (Phi) is 5.47. The van der Waals surface area contributed by atoms with Gasteiger partial charge in [-0.15, -0.1) is 5.10 Å². The number of carbonyl (C=O) groups is 1. The van der Waals surface area contributed by atoms with Crippen LogP contribution in [0.1, 0.15) is 31.4 Å². The number of quaternary nitrogens is 1. The van der Waals surface area contributed by atoms with Crippen LogP contribution in [0.15, 0.2) is 24.3 Å². The molecule has 0 bridgehead atoms. The first-order valence-corrected chi connectivity index (χ1v) is 9.59. The topological polar surface area (TPSA) is 84.3 Å². The first kappa shape index (κ1) is 19.0. The molecule has 0 radical (unpaired) electrons. The summed E-state index contributed by atoms with van der Waals surface area (Å²) in [6, 6.07) is 7.00. The van der Waals surface area contributed by atoms with Crippen molar-refractivity contribution in [1.29, 1.82) is 0 Å². The van der Waals surface area contributed by atoms with Crippen LogP contribution in [-0.4, -0.2) is 41.2 Å². The molecule has 3 unspecified atom stereocenters. The fraction of sp³-hybridized carbons (Fsp3) is 0.471. The van der Waals surface area contributed by atoms with Crippen LogP contribution >= 0.6 is 22.9 Å². The number of ether oxygens (including phenoxy) is 1. The second-order valence-electron chi connectivity index (χ2n) is 6.93. The van der Waals surface area contributed by atoms with Gasteiger partial charge in [0.2, 0.25) is 0 Å². The van der Waals surface area contributed by atoms with Gasteiger partial charge in [-0.3, -0.25) is 5.32 Å². The standard InChI is InChI=1S/C17H21ClN4O3S/c1-10(2)8-13(25-12-7-5-4-6-11(12)18)15-20-21-17(26-15)22(3)9-14(23)19-16(22)24/h4-7,10,13-14,23H,8-9H2,1-3H3/p+1. The third kappa shape index (κ3) is 3.83. The average Bonchev–Trinajstić information content (AvgIpc) is 3.14. The third-order valence-electron chi connectivity index (χ3n) is 4.20. The van der Waals surface area contributed by atoms with Gasteiger partial charge in [-0.05, 0) is 35.8 Å². The number of nitrogens with zero attached hydrogens (tertiary/aromatic N) is 3. The van der Waals surface area contributed by atoms with E-state index in [2.05, 4.69) is 29.4 Å². The highest BCUT2D eigenvalue weighted by Crippen LogP contribution is 2.37. The number of halogens is 1. The predicted octanol–water partition coefficient (Wildman–Crippen LogP) is 3.34. The van der Waals surface area contributed by atoms with Crippen molar-refractivity contribution in [3.63, 3.8) is 0 Å². The quantitative estimate of drug-likeness (QED) is 0.730. The second kappa shape index (κ2) is 7.48. The number of carbonyl (C=O) groups excluding carboxylic acids is 1. The van der Waals surface area contributed by atoms with E-state index in [0.29, 0.717) is 26.8 Å². The molecule has 3 rings (SSSR count). The number of benzene rings is 1. The van der Waals surface area contributed by atoms with Crippen LogP contribution in [0.2, 0.25) is 5.02 Å². The molecule has 0 saturated carbocycles. The normalized spacial score (nSPS) is 23.9. The molecule has 0 aliphatic carbocycles. The highest BCUT2D eigenvalue weighted by Gasteiger charge is 2.47. The molecule has 2 heterocycles. The van der Waals surface area contributed by atoms with Crippen molar-refractivity contribution >= 4 is 34.1 Å². The number of para-hydroxylation sites is 1. The van der Waals surface area contributed by atoms with Crippen LogP contribution in [0.4, 0.5) is 9.93 Å². The lowest BCUT2D eigenvalue weighted by Gasteiger charge is -2.20. The Hall–Kier alpha value is -1.74. The summed E-state index contributed by atoms with van der Waals surface area (Å²) in [5, 5.41) is 22.4. The number of hydrogen-bond donors (Lipinski definition) is 2. The molecule has 9 heteroatoms. The summed E-state index contributed by atoms with van der Waals surface area (Å²) in [6.45, 7) is 4.42. The van der Waals surface area contributed by atoms with E-state index in [-0.39, 0.29) is 23.2 Å². The molecule has 26 heavy (non-hydrogen) atoms. The van der Waals surface area contributed by atoms with Gasteiger partial charge < -0.3 is 9.84 Å². The molecular formula is C17H22ClN4O3S+. The minimum atomic E-state index is -0.884. The maximum Gasteiger partial charge on any atom is 0.425 e. The van der Waals surface area contributed by atoms with Gasteiger partial charge in [0.25, 0.3) is 0 Å². The van der Waals surface area contributed by atoms with E-state index in [1.807, 2.05) is 18.2 Å². The van der Waals surface area contributed by atoms with Crippen molar-refractivity contribution in [3.8, 4) is 5.75 Å². The maximum atomic E-state index is 12.2. The zero-order chi connectivity index (χ0) is 18.9. The Morgan fingerprint density at radius 2 is 2.15 bits per heavy atom. The Morgan fingerprint density at radius 3 is 2.77 bits per heavy atom. The Labute approximate surface area is 161 Å². The Morgan fingerprint density at radius 1 is 1.42 bits per heavy atom. The lowest BCUT2D eigenvalue weighted by molar-refractivity contribution is 0.164. The van der Waals surface area contributed by atoms with Gasteiger partial charge in [-0.25, -0.2) is 4.79 Å². The molecule has 1 aromatic carbocycles. The van der Waals surface area contributed by atoms with Crippen molar-refractivity contribution in [3.05, 3.63) is 34.3 Å².